The van der Waals surface area contributed by atoms with Crippen molar-refractivity contribution in [2.45, 2.75) is 18.9 Å². The van der Waals surface area contributed by atoms with Crippen molar-refractivity contribution in [3.05, 3.63) is 11.5 Å². The minimum atomic E-state index is -4.67. The molecule has 2 N–H and O–H groups in total. The van der Waals surface area contributed by atoms with Crippen LogP contribution < -0.4 is 5.73 Å². The van der Waals surface area contributed by atoms with Crippen LogP contribution in [0.5, 0.6) is 0 Å². The number of rotatable bonds is 7. The summed E-state index contributed by atoms with van der Waals surface area (Å²) in [6.07, 6.45) is -11.6. The SMILES string of the molecule is Nc1nc(Cl)c2ncn(CCOCP(CC(F)(F)F)CC(F)(F)F)c2n1. The second-order valence-corrected chi connectivity index (χ2v) is 7.83. The Balaban J connectivity index is 1.93. The smallest absolute Gasteiger partial charge is 0.375 e. The second kappa shape index (κ2) is 8.10. The number of aromatic nitrogens is 4. The van der Waals surface area contributed by atoms with Gasteiger partial charge in [0.25, 0.3) is 0 Å². The van der Waals surface area contributed by atoms with Gasteiger partial charge in [-0.2, -0.15) is 36.3 Å². The first-order valence-electron chi connectivity index (χ1n) is 7.02. The minimum Gasteiger partial charge on any atom is -0.375 e. The number of nitrogens with zero attached hydrogens (tertiary/aromatic N) is 4. The van der Waals surface area contributed by atoms with Gasteiger partial charge in [0, 0.05) is 6.54 Å². The number of nitrogen functional groups attached to an aromatic ring is 1. The van der Waals surface area contributed by atoms with Crippen LogP contribution in [-0.4, -0.2) is 57.2 Å². The van der Waals surface area contributed by atoms with Crippen LogP contribution in [0.15, 0.2) is 6.33 Å². The van der Waals surface area contributed by atoms with Crippen molar-refractivity contribution < 1.29 is 31.1 Å². The van der Waals surface area contributed by atoms with Crippen molar-refractivity contribution in [2.75, 3.05) is 31.0 Å². The summed E-state index contributed by atoms with van der Waals surface area (Å²) in [4.78, 5) is 11.6. The molecule has 146 valence electrons. The highest BCUT2D eigenvalue weighted by Gasteiger charge is 2.38. The van der Waals surface area contributed by atoms with Gasteiger partial charge in [0.1, 0.15) is 5.52 Å². The second-order valence-electron chi connectivity index (χ2n) is 5.24. The summed E-state index contributed by atoms with van der Waals surface area (Å²) in [5.41, 5.74) is 6.04. The van der Waals surface area contributed by atoms with Crippen LogP contribution in [0.3, 0.4) is 0 Å². The Bertz CT molecular complexity index is 736. The van der Waals surface area contributed by atoms with Gasteiger partial charge in [0.2, 0.25) is 5.95 Å². The zero-order valence-electron chi connectivity index (χ0n) is 13.0. The first kappa shape index (κ1) is 20.9. The van der Waals surface area contributed by atoms with Crippen molar-refractivity contribution in [3.63, 3.8) is 0 Å². The molecule has 26 heavy (non-hydrogen) atoms. The van der Waals surface area contributed by atoms with E-state index in [0.717, 1.165) is 0 Å². The van der Waals surface area contributed by atoms with E-state index in [1.807, 2.05) is 0 Å². The van der Waals surface area contributed by atoms with Gasteiger partial charge in [-0.25, -0.2) is 4.98 Å². The largest absolute Gasteiger partial charge is 0.392 e. The average molecular weight is 424 g/mol. The van der Waals surface area contributed by atoms with Crippen LogP contribution in [0.4, 0.5) is 32.3 Å². The van der Waals surface area contributed by atoms with Gasteiger partial charge in [-0.05, 0) is 0 Å². The first-order valence-corrected chi connectivity index (χ1v) is 9.29. The molecule has 0 radical (unpaired) electrons. The lowest BCUT2D eigenvalue weighted by molar-refractivity contribution is -0.112. The van der Waals surface area contributed by atoms with E-state index >= 15 is 0 Å². The summed E-state index contributed by atoms with van der Waals surface area (Å²) in [6, 6.07) is 0. The Morgan fingerprint density at radius 2 is 1.73 bits per heavy atom. The zero-order chi connectivity index (χ0) is 19.5. The Morgan fingerprint density at radius 1 is 1.12 bits per heavy atom. The highest BCUT2D eigenvalue weighted by molar-refractivity contribution is 7.57. The van der Waals surface area contributed by atoms with Crippen LogP contribution in [0.25, 0.3) is 11.2 Å². The third kappa shape index (κ3) is 6.40. The molecule has 14 heteroatoms. The van der Waals surface area contributed by atoms with E-state index in [0.29, 0.717) is 5.65 Å². The van der Waals surface area contributed by atoms with E-state index in [-0.39, 0.29) is 29.8 Å². The minimum absolute atomic E-state index is 0.0334. The Labute approximate surface area is 149 Å². The molecule has 0 atom stereocenters. The van der Waals surface area contributed by atoms with Crippen LogP contribution in [0.1, 0.15) is 0 Å². The average Bonchev–Trinajstić information content (AvgIpc) is 2.83. The molecule has 0 aromatic carbocycles. The van der Waals surface area contributed by atoms with Crippen LogP contribution >= 0.6 is 19.5 Å². The fraction of sp³-hybridized carbons (Fsp3) is 0.583. The number of alkyl halides is 6. The number of hydrogen-bond acceptors (Lipinski definition) is 5. The molecule has 2 heterocycles. The topological polar surface area (TPSA) is 78.8 Å². The van der Waals surface area contributed by atoms with Crippen molar-refractivity contribution >= 4 is 36.6 Å². The summed E-state index contributed by atoms with van der Waals surface area (Å²) >= 11 is 5.85. The summed E-state index contributed by atoms with van der Waals surface area (Å²) in [6.45, 7) is -0.0218. The standard InChI is InChI=1S/C12H13ClF6N5OP/c13-8-7-9(23-10(20)22-8)24(5-21-7)1-2-25-6-26(3-11(14,15)16)4-12(17,18)19/h5H,1-4,6H2,(H2,20,22,23). The van der Waals surface area contributed by atoms with Crippen LogP contribution in [-0.2, 0) is 11.3 Å². The maximum Gasteiger partial charge on any atom is 0.392 e. The number of hydrogen-bond donors (Lipinski definition) is 1. The lowest BCUT2D eigenvalue weighted by Gasteiger charge is -2.20. The van der Waals surface area contributed by atoms with Crippen molar-refractivity contribution in [2.24, 2.45) is 0 Å². The number of ether oxygens (including phenoxy) is 1. The zero-order valence-corrected chi connectivity index (χ0v) is 14.6. The molecule has 2 aromatic heterocycles. The predicted molar refractivity (Wildman–Crippen MR) is 84.3 cm³/mol. The lowest BCUT2D eigenvalue weighted by Crippen LogP contribution is -2.22. The molecule has 2 rings (SSSR count). The molecule has 6 nitrogen and oxygen atoms in total. The van der Waals surface area contributed by atoms with Gasteiger partial charge in [0.15, 0.2) is 10.8 Å². The Morgan fingerprint density at radius 3 is 2.31 bits per heavy atom. The Hall–Kier alpha value is -1.39. The predicted octanol–water partition coefficient (Wildman–Crippen LogP) is 3.64. The fourth-order valence-corrected chi connectivity index (χ4v) is 4.02. The fourth-order valence-electron chi connectivity index (χ4n) is 2.10. The third-order valence-electron chi connectivity index (χ3n) is 2.99. The van der Waals surface area contributed by atoms with E-state index in [2.05, 4.69) is 15.0 Å². The van der Waals surface area contributed by atoms with Crippen molar-refractivity contribution in [1.82, 2.24) is 19.5 Å². The van der Waals surface area contributed by atoms with Gasteiger partial charge in [-0.15, -0.1) is 0 Å². The molecule has 0 aliphatic heterocycles. The van der Waals surface area contributed by atoms with E-state index < -0.39 is 38.9 Å². The molecule has 0 aliphatic rings. The number of fused-ring (bicyclic) bond motifs is 1. The maximum absolute atomic E-state index is 12.4. The summed E-state index contributed by atoms with van der Waals surface area (Å²) < 4.78 is 80.9. The van der Waals surface area contributed by atoms with Crippen LogP contribution in [0, 0.1) is 0 Å². The lowest BCUT2D eigenvalue weighted by atomic mass is 10.5. The molecule has 0 aliphatic carbocycles. The molecule has 0 amide bonds. The molecule has 0 saturated carbocycles. The number of nitrogens with two attached hydrogens (primary N) is 1. The molecular formula is C12H13ClF6N5OP. The van der Waals surface area contributed by atoms with E-state index in [1.165, 1.54) is 10.9 Å². The normalized spacial score (nSPS) is 13.1. The number of anilines is 1. The van der Waals surface area contributed by atoms with Crippen LogP contribution in [0.2, 0.25) is 5.15 Å². The molecular weight excluding hydrogens is 411 g/mol. The molecule has 0 bridgehead atoms. The summed E-state index contributed by atoms with van der Waals surface area (Å²) in [5, 5.41) is 0.0334. The number of halogens is 7. The summed E-state index contributed by atoms with van der Waals surface area (Å²) in [5.74, 6) is -0.0935. The third-order valence-corrected chi connectivity index (χ3v) is 5.42. The monoisotopic (exact) mass is 423 g/mol. The van der Waals surface area contributed by atoms with Gasteiger partial charge in [0.05, 0.1) is 31.6 Å². The molecule has 0 fully saturated rings. The molecule has 0 saturated heterocycles. The van der Waals surface area contributed by atoms with Gasteiger partial charge < -0.3 is 15.0 Å². The van der Waals surface area contributed by atoms with E-state index in [9.17, 15) is 26.3 Å². The van der Waals surface area contributed by atoms with Crippen molar-refractivity contribution in [1.29, 1.82) is 0 Å². The maximum atomic E-state index is 12.4. The highest BCUT2D eigenvalue weighted by atomic mass is 35.5. The van der Waals surface area contributed by atoms with E-state index in [1.54, 1.807) is 0 Å². The van der Waals surface area contributed by atoms with E-state index in [4.69, 9.17) is 22.1 Å². The molecule has 0 unspecified atom stereocenters. The molecule has 0 spiro atoms. The van der Waals surface area contributed by atoms with Crippen molar-refractivity contribution in [3.8, 4) is 0 Å². The first-order chi connectivity index (χ1) is 11.9. The molecule has 2 aromatic rings. The summed E-state index contributed by atoms with van der Waals surface area (Å²) in [7, 11) is -2.41. The highest BCUT2D eigenvalue weighted by Crippen LogP contribution is 2.45. The quantitative estimate of drug-likeness (QED) is 0.318. The van der Waals surface area contributed by atoms with Gasteiger partial charge in [-0.1, -0.05) is 19.5 Å². The van der Waals surface area contributed by atoms with Gasteiger partial charge in [-0.3, -0.25) is 0 Å². The van der Waals surface area contributed by atoms with Gasteiger partial charge >= 0.3 is 12.4 Å². The Kier molecular flexibility index (Phi) is 6.51. The number of imidazole rings is 1.